The first-order valence-electron chi connectivity index (χ1n) is 5.84. The fourth-order valence-corrected chi connectivity index (χ4v) is 1.17. The van der Waals surface area contributed by atoms with Crippen LogP contribution in [0, 0.1) is 0 Å². The Morgan fingerprint density at radius 2 is 1.54 bits per heavy atom. The molecule has 0 N–H and O–H groups in total. The summed E-state index contributed by atoms with van der Waals surface area (Å²) < 4.78 is 30.7. The van der Waals surface area contributed by atoms with E-state index in [0.717, 1.165) is 0 Å². The Labute approximate surface area is 88.4 Å². The van der Waals surface area contributed by atoms with Crippen LogP contribution in [0.1, 0.15) is 5.48 Å². The van der Waals surface area contributed by atoms with Crippen molar-refractivity contribution >= 4 is 11.6 Å². The van der Waals surface area contributed by atoms with Gasteiger partial charge in [-0.3, -0.25) is 0 Å². The van der Waals surface area contributed by atoms with Gasteiger partial charge in [-0.2, -0.15) is 0 Å². The van der Waals surface area contributed by atoms with Crippen molar-refractivity contribution in [3.63, 3.8) is 0 Å². The lowest BCUT2D eigenvalue weighted by molar-refractivity contribution is 1.62. The van der Waals surface area contributed by atoms with Gasteiger partial charge >= 0.3 is 0 Å². The highest BCUT2D eigenvalue weighted by Crippen LogP contribution is 2.20. The first kappa shape index (κ1) is 4.83. The van der Waals surface area contributed by atoms with Crippen molar-refractivity contribution < 1.29 is 5.48 Å². The summed E-state index contributed by atoms with van der Waals surface area (Å²) in [5.41, 5.74) is 0.936. The Morgan fingerprint density at radius 1 is 0.923 bits per heavy atom. The lowest BCUT2D eigenvalue weighted by Gasteiger charge is -2.00. The highest BCUT2D eigenvalue weighted by molar-refractivity contribution is 6.30. The lowest BCUT2D eigenvalue weighted by atomic mass is 10.1. The predicted molar refractivity (Wildman–Crippen MR) is 56.9 cm³/mol. The van der Waals surface area contributed by atoms with Crippen LogP contribution < -0.4 is 0 Å². The average Bonchev–Trinajstić information content (AvgIpc) is 2.29. The zero-order valence-corrected chi connectivity index (χ0v) is 7.52. The first-order chi connectivity index (χ1) is 8.00. The molecule has 0 saturated carbocycles. The standard InChI is InChI=1S/C12H9Cl/c13-12-8-6-11(7-9-12)10-4-2-1-3-5-10/h1-9H/i2D,3D,4D,5D. The van der Waals surface area contributed by atoms with Crippen molar-refractivity contribution in [1.82, 2.24) is 0 Å². The zero-order valence-electron chi connectivity index (χ0n) is 10.8. The minimum absolute atomic E-state index is 0.0340. The van der Waals surface area contributed by atoms with Gasteiger partial charge in [-0.15, -0.1) is 0 Å². The fraction of sp³-hybridized carbons (Fsp3) is 0. The summed E-state index contributed by atoms with van der Waals surface area (Å²) in [6, 6.07) is 7.75. The van der Waals surface area contributed by atoms with Crippen LogP contribution in [0.15, 0.2) is 54.5 Å². The molecular weight excluding hydrogens is 180 g/mol. The maximum atomic E-state index is 7.80. The van der Waals surface area contributed by atoms with Crippen molar-refractivity contribution in [3.8, 4) is 11.1 Å². The number of benzene rings is 2. The quantitative estimate of drug-likeness (QED) is 0.641. The molecule has 2 aromatic rings. The van der Waals surface area contributed by atoms with Gasteiger partial charge in [0.05, 0.1) is 5.48 Å². The average molecular weight is 193 g/mol. The molecule has 2 rings (SSSR count). The van der Waals surface area contributed by atoms with Gasteiger partial charge < -0.3 is 0 Å². The molecule has 0 atom stereocenters. The summed E-state index contributed by atoms with van der Waals surface area (Å²) in [5, 5.41) is 0.569. The summed E-state index contributed by atoms with van der Waals surface area (Å²) in [6.45, 7) is 0. The van der Waals surface area contributed by atoms with Gasteiger partial charge in [-0.05, 0) is 23.3 Å². The van der Waals surface area contributed by atoms with Gasteiger partial charge in [0.2, 0.25) is 0 Å². The van der Waals surface area contributed by atoms with E-state index >= 15 is 0 Å². The van der Waals surface area contributed by atoms with E-state index in [9.17, 15) is 0 Å². The summed E-state index contributed by atoms with van der Waals surface area (Å²) in [6.07, 6.45) is 0. The molecule has 0 amide bonds. The highest BCUT2D eigenvalue weighted by atomic mass is 35.5. The van der Waals surface area contributed by atoms with Gasteiger partial charge in [-0.1, -0.05) is 54.0 Å². The van der Waals surface area contributed by atoms with E-state index in [1.54, 1.807) is 24.3 Å². The molecule has 0 aliphatic rings. The molecule has 0 nitrogen and oxygen atoms in total. The van der Waals surface area contributed by atoms with Crippen LogP contribution >= 0.6 is 11.6 Å². The molecule has 0 fully saturated rings. The van der Waals surface area contributed by atoms with Gasteiger partial charge in [0.25, 0.3) is 0 Å². The Balaban J connectivity index is 2.70. The summed E-state index contributed by atoms with van der Waals surface area (Å²) >= 11 is 5.77. The molecule has 0 radical (unpaired) electrons. The van der Waals surface area contributed by atoms with Crippen molar-refractivity contribution in [2.24, 2.45) is 0 Å². The molecule has 0 aromatic heterocycles. The monoisotopic (exact) mass is 192 g/mol. The molecule has 0 spiro atoms. The Hall–Kier alpha value is -1.27. The maximum absolute atomic E-state index is 7.80. The molecule has 13 heavy (non-hydrogen) atoms. The Kier molecular flexibility index (Phi) is 1.35. The molecule has 0 bridgehead atoms. The molecule has 0 heterocycles. The number of hydrogen-bond donors (Lipinski definition) is 0. The molecule has 0 aliphatic heterocycles. The molecule has 0 aliphatic carbocycles. The van der Waals surface area contributed by atoms with Crippen molar-refractivity contribution in [1.29, 1.82) is 0 Å². The molecule has 0 unspecified atom stereocenters. The second kappa shape index (κ2) is 3.63. The van der Waals surface area contributed by atoms with E-state index in [2.05, 4.69) is 0 Å². The SMILES string of the molecule is [2H]c1cc([2H])c([2H])c(-c2ccc(Cl)cc2)c1[2H]. The van der Waals surface area contributed by atoms with Crippen LogP contribution in [-0.4, -0.2) is 0 Å². The highest BCUT2D eigenvalue weighted by Gasteiger charge is 1.94. The van der Waals surface area contributed by atoms with Gasteiger partial charge in [0, 0.05) is 5.02 Å². The smallest absolute Gasteiger partial charge is 0.0629 e. The van der Waals surface area contributed by atoms with E-state index in [-0.39, 0.29) is 24.2 Å². The molecule has 2 aromatic carbocycles. The normalized spacial score (nSPS) is 14.2. The van der Waals surface area contributed by atoms with Gasteiger partial charge in [0.1, 0.15) is 0 Å². The molecule has 64 valence electrons. The summed E-state index contributed by atoms with van der Waals surface area (Å²) in [5.74, 6) is 0. The van der Waals surface area contributed by atoms with Crippen molar-refractivity contribution in [3.05, 3.63) is 59.5 Å². The lowest BCUT2D eigenvalue weighted by Crippen LogP contribution is -1.74. The van der Waals surface area contributed by atoms with Crippen LogP contribution in [0.25, 0.3) is 11.1 Å². The maximum Gasteiger partial charge on any atom is 0.0629 e. The third kappa shape index (κ3) is 1.90. The van der Waals surface area contributed by atoms with Gasteiger partial charge in [0.15, 0.2) is 0 Å². The van der Waals surface area contributed by atoms with Crippen LogP contribution in [0.5, 0.6) is 0 Å². The van der Waals surface area contributed by atoms with Crippen LogP contribution in [0.2, 0.25) is 5.02 Å². The predicted octanol–water partition coefficient (Wildman–Crippen LogP) is 4.01. The summed E-state index contributed by atoms with van der Waals surface area (Å²) in [4.78, 5) is 0. The number of rotatable bonds is 1. The summed E-state index contributed by atoms with van der Waals surface area (Å²) in [7, 11) is 0. The minimum Gasteiger partial charge on any atom is -0.0843 e. The van der Waals surface area contributed by atoms with E-state index in [0.29, 0.717) is 16.1 Å². The second-order valence-corrected chi connectivity index (χ2v) is 3.00. The van der Waals surface area contributed by atoms with E-state index < -0.39 is 0 Å². The third-order valence-electron chi connectivity index (χ3n) is 1.67. The van der Waals surface area contributed by atoms with E-state index in [1.807, 2.05) is 0 Å². The van der Waals surface area contributed by atoms with Crippen molar-refractivity contribution in [2.45, 2.75) is 0 Å². The van der Waals surface area contributed by atoms with E-state index in [1.165, 1.54) is 6.07 Å². The molecular formula is C12H9Cl. The first-order valence-corrected chi connectivity index (χ1v) is 4.22. The minimum atomic E-state index is -0.0454. The molecule has 0 saturated heterocycles. The van der Waals surface area contributed by atoms with Crippen molar-refractivity contribution in [2.75, 3.05) is 0 Å². The van der Waals surface area contributed by atoms with Crippen LogP contribution in [0.3, 0.4) is 0 Å². The number of hydrogen-bond acceptors (Lipinski definition) is 0. The fourth-order valence-electron chi connectivity index (χ4n) is 1.04. The second-order valence-electron chi connectivity index (χ2n) is 2.56. The number of halogens is 1. The Bertz CT molecular complexity index is 537. The van der Waals surface area contributed by atoms with Crippen LogP contribution in [-0.2, 0) is 0 Å². The van der Waals surface area contributed by atoms with Crippen LogP contribution in [0.4, 0.5) is 0 Å². The topological polar surface area (TPSA) is 0 Å². The largest absolute Gasteiger partial charge is 0.0843 e. The zero-order chi connectivity index (χ0) is 12.6. The third-order valence-corrected chi connectivity index (χ3v) is 1.92. The molecule has 1 heteroatoms. The Morgan fingerprint density at radius 3 is 2.15 bits per heavy atom. The van der Waals surface area contributed by atoms with E-state index in [4.69, 9.17) is 17.1 Å². The van der Waals surface area contributed by atoms with Gasteiger partial charge in [-0.25, -0.2) is 0 Å².